The number of hydrogen-bond acceptors (Lipinski definition) is 8. The fraction of sp³-hybridized carbons (Fsp3) is 0.250. The molecular weight excluding hydrogens is 437 g/mol. The Balaban J connectivity index is 1.73. The molecule has 0 saturated heterocycles. The number of rotatable bonds is 5. The van der Waals surface area contributed by atoms with Crippen molar-refractivity contribution in [2.24, 2.45) is 10.7 Å². The molecule has 1 fully saturated rings. The molecule has 0 spiro atoms. The predicted octanol–water partition coefficient (Wildman–Crippen LogP) is 3.01. The molecule has 3 aromatic rings. The van der Waals surface area contributed by atoms with Gasteiger partial charge in [-0.15, -0.1) is 11.3 Å². The Bertz CT molecular complexity index is 1310. The van der Waals surface area contributed by atoms with E-state index in [9.17, 15) is 14.5 Å². The highest BCUT2D eigenvalue weighted by Gasteiger charge is 2.36. The SMILES string of the molecule is COP1(=O)N=C(c2c(O)c(-c3cccs3)nn(CC3CC3)c2=O)Nc2ccc(N)cc21. The Morgan fingerprint density at radius 3 is 2.87 bits per heavy atom. The molecule has 31 heavy (non-hydrogen) atoms. The zero-order valence-corrected chi connectivity index (χ0v) is 18.3. The van der Waals surface area contributed by atoms with Crippen molar-refractivity contribution in [2.45, 2.75) is 19.4 Å². The highest BCUT2D eigenvalue weighted by molar-refractivity contribution is 7.66. The van der Waals surface area contributed by atoms with Crippen molar-refractivity contribution in [3.05, 3.63) is 51.6 Å². The summed E-state index contributed by atoms with van der Waals surface area (Å²) in [7, 11) is -2.42. The van der Waals surface area contributed by atoms with Gasteiger partial charge in [0, 0.05) is 19.3 Å². The molecule has 0 amide bonds. The van der Waals surface area contributed by atoms with Crippen LogP contribution in [0.2, 0.25) is 0 Å². The fourth-order valence-electron chi connectivity index (χ4n) is 3.50. The first-order chi connectivity index (χ1) is 14.9. The molecule has 1 aliphatic heterocycles. The number of thiophene rings is 1. The molecule has 1 aromatic carbocycles. The van der Waals surface area contributed by atoms with Crippen LogP contribution in [-0.4, -0.2) is 27.8 Å². The minimum Gasteiger partial charge on any atom is -0.505 e. The van der Waals surface area contributed by atoms with E-state index in [4.69, 9.17) is 10.3 Å². The average Bonchev–Trinajstić information content (AvgIpc) is 3.40. The molecule has 5 rings (SSSR count). The van der Waals surface area contributed by atoms with Crippen LogP contribution in [0.25, 0.3) is 10.6 Å². The number of nitrogens with two attached hydrogens (primary N) is 1. The van der Waals surface area contributed by atoms with Crippen molar-refractivity contribution >= 4 is 41.4 Å². The van der Waals surface area contributed by atoms with Gasteiger partial charge < -0.3 is 20.7 Å². The Morgan fingerprint density at radius 1 is 1.39 bits per heavy atom. The molecule has 1 saturated carbocycles. The van der Waals surface area contributed by atoms with Crippen LogP contribution in [0.1, 0.15) is 18.4 Å². The van der Waals surface area contributed by atoms with Gasteiger partial charge in [0.1, 0.15) is 11.3 Å². The van der Waals surface area contributed by atoms with Crippen LogP contribution < -0.4 is 21.9 Å². The second-order valence-electron chi connectivity index (χ2n) is 7.53. The zero-order chi connectivity index (χ0) is 21.8. The number of nitrogen functional groups attached to an aromatic ring is 1. The maximum Gasteiger partial charge on any atom is 0.348 e. The maximum absolute atomic E-state index is 13.5. The summed E-state index contributed by atoms with van der Waals surface area (Å²) in [6, 6.07) is 8.47. The van der Waals surface area contributed by atoms with E-state index in [1.807, 2.05) is 17.5 Å². The number of nitrogens with zero attached hydrogens (tertiary/aromatic N) is 3. The van der Waals surface area contributed by atoms with E-state index in [0.29, 0.717) is 34.0 Å². The Kier molecular flexibility index (Phi) is 4.73. The number of benzene rings is 1. The zero-order valence-electron chi connectivity index (χ0n) is 16.6. The van der Waals surface area contributed by atoms with Gasteiger partial charge in [-0.1, -0.05) is 6.07 Å². The van der Waals surface area contributed by atoms with Gasteiger partial charge in [-0.3, -0.25) is 9.36 Å². The van der Waals surface area contributed by atoms with Crippen molar-refractivity contribution < 1.29 is 14.2 Å². The number of anilines is 2. The summed E-state index contributed by atoms with van der Waals surface area (Å²) in [5.74, 6) is 0.0517. The summed E-state index contributed by atoms with van der Waals surface area (Å²) < 4.78 is 24.3. The molecule has 2 aliphatic rings. The maximum atomic E-state index is 13.5. The van der Waals surface area contributed by atoms with Crippen LogP contribution in [0, 0.1) is 5.92 Å². The number of aromatic nitrogens is 2. The smallest absolute Gasteiger partial charge is 0.348 e. The predicted molar refractivity (Wildman–Crippen MR) is 121 cm³/mol. The summed E-state index contributed by atoms with van der Waals surface area (Å²) in [5.41, 5.74) is 6.40. The van der Waals surface area contributed by atoms with Gasteiger partial charge in [0.15, 0.2) is 11.6 Å². The van der Waals surface area contributed by atoms with Crippen molar-refractivity contribution in [1.82, 2.24) is 9.78 Å². The molecule has 3 heterocycles. The quantitative estimate of drug-likeness (QED) is 0.396. The monoisotopic (exact) mass is 457 g/mol. The molecule has 11 heteroatoms. The average molecular weight is 457 g/mol. The first-order valence-electron chi connectivity index (χ1n) is 9.71. The molecule has 0 radical (unpaired) electrons. The summed E-state index contributed by atoms with van der Waals surface area (Å²) >= 11 is 1.40. The summed E-state index contributed by atoms with van der Waals surface area (Å²) in [5, 5.41) is 20.7. The normalized spacial score (nSPS) is 20.1. The van der Waals surface area contributed by atoms with Gasteiger partial charge in [-0.05, 0) is 48.4 Å². The van der Waals surface area contributed by atoms with Crippen LogP contribution in [0.4, 0.5) is 11.4 Å². The van der Waals surface area contributed by atoms with E-state index in [2.05, 4.69) is 15.2 Å². The molecule has 2 aromatic heterocycles. The van der Waals surface area contributed by atoms with Crippen LogP contribution in [-0.2, 0) is 15.6 Å². The molecule has 9 nitrogen and oxygen atoms in total. The minimum absolute atomic E-state index is 0.0188. The van der Waals surface area contributed by atoms with Crippen LogP contribution in [0.5, 0.6) is 5.75 Å². The Morgan fingerprint density at radius 2 is 2.19 bits per heavy atom. The number of amidine groups is 1. The first kappa shape index (κ1) is 20.0. The van der Waals surface area contributed by atoms with E-state index < -0.39 is 13.1 Å². The number of fused-ring (bicyclic) bond motifs is 1. The summed E-state index contributed by atoms with van der Waals surface area (Å²) in [4.78, 5) is 14.0. The van der Waals surface area contributed by atoms with E-state index >= 15 is 0 Å². The Labute approximate surface area is 181 Å². The van der Waals surface area contributed by atoms with Gasteiger partial charge in [0.05, 0.1) is 15.9 Å². The second kappa shape index (κ2) is 7.33. The molecule has 4 N–H and O–H groups in total. The first-order valence-corrected chi connectivity index (χ1v) is 12.2. The third-order valence-electron chi connectivity index (χ3n) is 5.31. The van der Waals surface area contributed by atoms with E-state index in [-0.39, 0.29) is 22.8 Å². The highest BCUT2D eigenvalue weighted by Crippen LogP contribution is 2.51. The molecular formula is C20H20N5O4PS. The van der Waals surface area contributed by atoms with Crippen molar-refractivity contribution in [3.63, 3.8) is 0 Å². The standard InChI is InChI=1S/C20H20N5O4PS/c1-29-30(28)14-9-12(21)6-7-13(14)22-19(24-30)16-18(26)17(15-3-2-8-31-15)23-25(20(16)27)10-11-4-5-11/h2-3,6-9,11,26H,4-5,10,21H2,1H3,(H,22,24,28). The van der Waals surface area contributed by atoms with Gasteiger partial charge in [0.2, 0.25) is 0 Å². The lowest BCUT2D eigenvalue weighted by atomic mass is 10.1. The lowest BCUT2D eigenvalue weighted by molar-refractivity contribution is 0.404. The highest BCUT2D eigenvalue weighted by atomic mass is 32.1. The number of hydrogen-bond donors (Lipinski definition) is 3. The van der Waals surface area contributed by atoms with E-state index in [0.717, 1.165) is 12.8 Å². The van der Waals surface area contributed by atoms with Crippen LogP contribution in [0.3, 0.4) is 0 Å². The van der Waals surface area contributed by atoms with Gasteiger partial charge in [0.25, 0.3) is 5.56 Å². The lowest BCUT2D eigenvalue weighted by Gasteiger charge is -2.25. The summed E-state index contributed by atoms with van der Waals surface area (Å²) in [6.07, 6.45) is 2.07. The number of aromatic hydroxyl groups is 1. The summed E-state index contributed by atoms with van der Waals surface area (Å²) in [6.45, 7) is 0.451. The molecule has 1 aliphatic carbocycles. The lowest BCUT2D eigenvalue weighted by Crippen LogP contribution is -2.35. The second-order valence-corrected chi connectivity index (χ2v) is 10.6. The molecule has 1 atom stereocenters. The molecule has 1 unspecified atom stereocenters. The van der Waals surface area contributed by atoms with Crippen LogP contribution in [0.15, 0.2) is 45.3 Å². The molecule has 160 valence electrons. The topological polar surface area (TPSA) is 132 Å². The number of nitrogens with one attached hydrogen (secondary N) is 1. The van der Waals surface area contributed by atoms with Crippen molar-refractivity contribution in [2.75, 3.05) is 18.2 Å². The van der Waals surface area contributed by atoms with Gasteiger partial charge in [-0.2, -0.15) is 9.86 Å². The third kappa shape index (κ3) is 3.46. The fourth-order valence-corrected chi connectivity index (χ4v) is 5.76. The van der Waals surface area contributed by atoms with Crippen molar-refractivity contribution in [1.29, 1.82) is 0 Å². The minimum atomic E-state index is -3.71. The van der Waals surface area contributed by atoms with E-state index in [1.54, 1.807) is 12.1 Å². The Hall–Kier alpha value is -2.94. The van der Waals surface area contributed by atoms with Crippen molar-refractivity contribution in [3.8, 4) is 16.3 Å². The van der Waals surface area contributed by atoms with E-state index in [1.165, 1.54) is 29.2 Å². The third-order valence-corrected chi connectivity index (χ3v) is 8.12. The van der Waals surface area contributed by atoms with Gasteiger partial charge >= 0.3 is 7.52 Å². The van der Waals surface area contributed by atoms with Gasteiger partial charge in [-0.25, -0.2) is 4.68 Å². The van der Waals surface area contributed by atoms with Crippen LogP contribution >= 0.6 is 18.9 Å². The largest absolute Gasteiger partial charge is 0.505 e. The molecule has 0 bridgehead atoms.